The molecule has 1 saturated carbocycles. The van der Waals surface area contributed by atoms with E-state index in [4.69, 9.17) is 11.6 Å². The van der Waals surface area contributed by atoms with Crippen LogP contribution in [0.5, 0.6) is 0 Å². The number of nitrogens with zero attached hydrogens (tertiary/aromatic N) is 1. The first kappa shape index (κ1) is 12.3. The van der Waals surface area contributed by atoms with Crippen molar-refractivity contribution in [3.8, 4) is 0 Å². The van der Waals surface area contributed by atoms with Crippen molar-refractivity contribution in [2.45, 2.75) is 26.2 Å². The summed E-state index contributed by atoms with van der Waals surface area (Å²) in [4.78, 5) is 0. The highest BCUT2D eigenvalue weighted by molar-refractivity contribution is 7.89. The standard InChI is InChI=1S/C9H18ClNO2S/c1-2-6-11(7-5-10)14(12,13)8-9-3-4-9/h9H,2-8H2,1H3. The maximum Gasteiger partial charge on any atom is 0.214 e. The third-order valence-electron chi connectivity index (χ3n) is 2.34. The van der Waals surface area contributed by atoms with Crippen molar-refractivity contribution in [2.75, 3.05) is 24.7 Å². The minimum atomic E-state index is -3.03. The summed E-state index contributed by atoms with van der Waals surface area (Å²) in [5.74, 6) is 1.11. The van der Waals surface area contributed by atoms with Gasteiger partial charge in [0.25, 0.3) is 0 Å². The fraction of sp³-hybridized carbons (Fsp3) is 1.00. The van der Waals surface area contributed by atoms with E-state index in [9.17, 15) is 8.42 Å². The topological polar surface area (TPSA) is 37.4 Å². The van der Waals surface area contributed by atoms with Crippen molar-refractivity contribution in [1.29, 1.82) is 0 Å². The first-order chi connectivity index (χ1) is 6.60. The maximum atomic E-state index is 11.8. The highest BCUT2D eigenvalue weighted by Gasteiger charge is 2.31. The smallest absolute Gasteiger partial charge is 0.212 e. The van der Waals surface area contributed by atoms with Gasteiger partial charge in [-0.05, 0) is 25.2 Å². The van der Waals surface area contributed by atoms with Crippen LogP contribution in [-0.4, -0.2) is 37.4 Å². The van der Waals surface area contributed by atoms with Crippen molar-refractivity contribution >= 4 is 21.6 Å². The van der Waals surface area contributed by atoms with Crippen LogP contribution in [0.1, 0.15) is 26.2 Å². The van der Waals surface area contributed by atoms with E-state index in [0.717, 1.165) is 19.3 Å². The lowest BCUT2D eigenvalue weighted by atomic mass is 10.5. The quantitative estimate of drug-likeness (QED) is 0.634. The summed E-state index contributed by atoms with van der Waals surface area (Å²) < 4.78 is 25.2. The second kappa shape index (κ2) is 5.33. The molecule has 0 N–H and O–H groups in total. The molecule has 1 aliphatic carbocycles. The van der Waals surface area contributed by atoms with Gasteiger partial charge in [0.2, 0.25) is 10.0 Å². The largest absolute Gasteiger partial charge is 0.214 e. The van der Waals surface area contributed by atoms with Gasteiger partial charge < -0.3 is 0 Å². The molecule has 0 saturated heterocycles. The van der Waals surface area contributed by atoms with E-state index in [1.54, 1.807) is 0 Å². The molecule has 0 aromatic rings. The van der Waals surface area contributed by atoms with Gasteiger partial charge in [0.15, 0.2) is 0 Å². The zero-order valence-electron chi connectivity index (χ0n) is 8.58. The van der Waals surface area contributed by atoms with Gasteiger partial charge in [-0.1, -0.05) is 6.92 Å². The molecule has 0 spiro atoms. The second-order valence-electron chi connectivity index (χ2n) is 3.81. The Bertz CT molecular complexity index is 256. The molecule has 0 unspecified atom stereocenters. The average Bonchev–Trinajstić information content (AvgIpc) is 2.87. The van der Waals surface area contributed by atoms with Crippen LogP contribution in [0, 0.1) is 5.92 Å². The number of halogens is 1. The molecule has 14 heavy (non-hydrogen) atoms. The van der Waals surface area contributed by atoms with Gasteiger partial charge in [0.1, 0.15) is 0 Å². The van der Waals surface area contributed by atoms with E-state index < -0.39 is 10.0 Å². The summed E-state index contributed by atoms with van der Waals surface area (Å²) in [5, 5.41) is 0. The van der Waals surface area contributed by atoms with E-state index in [1.807, 2.05) is 6.92 Å². The summed E-state index contributed by atoms with van der Waals surface area (Å²) >= 11 is 5.58. The third-order valence-corrected chi connectivity index (χ3v) is 4.56. The van der Waals surface area contributed by atoms with Crippen LogP contribution < -0.4 is 0 Å². The number of hydrogen-bond acceptors (Lipinski definition) is 2. The van der Waals surface area contributed by atoms with Crippen molar-refractivity contribution in [1.82, 2.24) is 4.31 Å². The summed E-state index contributed by atoms with van der Waals surface area (Å²) in [6.45, 7) is 3.03. The van der Waals surface area contributed by atoms with Gasteiger partial charge in [-0.25, -0.2) is 12.7 Å². The number of alkyl halides is 1. The fourth-order valence-corrected chi connectivity index (χ4v) is 3.70. The van der Waals surface area contributed by atoms with Crippen LogP contribution in [-0.2, 0) is 10.0 Å². The zero-order chi connectivity index (χ0) is 10.6. The number of hydrogen-bond donors (Lipinski definition) is 0. The van der Waals surface area contributed by atoms with Gasteiger partial charge in [0, 0.05) is 19.0 Å². The lowest BCUT2D eigenvalue weighted by Crippen LogP contribution is -2.35. The Morgan fingerprint density at radius 2 is 2.00 bits per heavy atom. The predicted octanol–water partition coefficient (Wildman–Crippen LogP) is 1.68. The molecule has 0 aromatic heterocycles. The van der Waals surface area contributed by atoms with E-state index >= 15 is 0 Å². The molecule has 0 heterocycles. The van der Waals surface area contributed by atoms with Gasteiger partial charge in [-0.3, -0.25) is 0 Å². The van der Waals surface area contributed by atoms with E-state index in [2.05, 4.69) is 0 Å². The van der Waals surface area contributed by atoms with Crippen LogP contribution in [0.25, 0.3) is 0 Å². The van der Waals surface area contributed by atoms with Crippen molar-refractivity contribution in [3.05, 3.63) is 0 Å². The number of rotatable bonds is 7. The highest BCUT2D eigenvalue weighted by Crippen LogP contribution is 2.31. The van der Waals surface area contributed by atoms with Gasteiger partial charge in [-0.15, -0.1) is 11.6 Å². The van der Waals surface area contributed by atoms with Crippen LogP contribution in [0.15, 0.2) is 0 Å². The molecule has 0 atom stereocenters. The van der Waals surface area contributed by atoms with Crippen LogP contribution in [0.3, 0.4) is 0 Å². The van der Waals surface area contributed by atoms with Crippen molar-refractivity contribution < 1.29 is 8.42 Å². The summed E-state index contributed by atoms with van der Waals surface area (Å²) in [5.41, 5.74) is 0. The molecular formula is C9H18ClNO2S. The van der Waals surface area contributed by atoms with Gasteiger partial charge in [0.05, 0.1) is 5.75 Å². The second-order valence-corrected chi connectivity index (χ2v) is 6.20. The molecule has 0 aliphatic heterocycles. The summed E-state index contributed by atoms with van der Waals surface area (Å²) in [6.07, 6.45) is 2.99. The van der Waals surface area contributed by atoms with E-state index in [-0.39, 0.29) is 0 Å². The Kier molecular flexibility index (Phi) is 4.67. The van der Waals surface area contributed by atoms with E-state index in [1.165, 1.54) is 4.31 Å². The molecule has 1 aliphatic rings. The molecule has 0 radical (unpaired) electrons. The molecule has 1 fully saturated rings. The van der Waals surface area contributed by atoms with E-state index in [0.29, 0.717) is 30.6 Å². The Balaban J connectivity index is 2.53. The highest BCUT2D eigenvalue weighted by atomic mass is 35.5. The minimum absolute atomic E-state index is 0.323. The van der Waals surface area contributed by atoms with Crippen molar-refractivity contribution in [3.63, 3.8) is 0 Å². The summed E-state index contributed by atoms with van der Waals surface area (Å²) in [7, 11) is -3.03. The third kappa shape index (κ3) is 3.75. The monoisotopic (exact) mass is 239 g/mol. The van der Waals surface area contributed by atoms with Crippen LogP contribution in [0.2, 0.25) is 0 Å². The Hall–Kier alpha value is 0.200. The van der Waals surface area contributed by atoms with Crippen molar-refractivity contribution in [2.24, 2.45) is 5.92 Å². The van der Waals surface area contributed by atoms with Crippen LogP contribution in [0.4, 0.5) is 0 Å². The fourth-order valence-electron chi connectivity index (χ4n) is 1.42. The molecule has 3 nitrogen and oxygen atoms in total. The van der Waals surface area contributed by atoms with Gasteiger partial charge in [-0.2, -0.15) is 0 Å². The molecule has 84 valence electrons. The zero-order valence-corrected chi connectivity index (χ0v) is 10.1. The first-order valence-corrected chi connectivity index (χ1v) is 7.28. The SMILES string of the molecule is CCCN(CCCl)S(=O)(=O)CC1CC1. The number of sulfonamides is 1. The average molecular weight is 240 g/mol. The molecular weight excluding hydrogens is 222 g/mol. The maximum absolute atomic E-state index is 11.8. The first-order valence-electron chi connectivity index (χ1n) is 5.14. The normalized spacial score (nSPS) is 17.6. The molecule has 1 rings (SSSR count). The molecule has 0 aromatic carbocycles. The minimum Gasteiger partial charge on any atom is -0.212 e. The lowest BCUT2D eigenvalue weighted by molar-refractivity contribution is 0.427. The molecule has 5 heteroatoms. The Morgan fingerprint density at radius 1 is 1.36 bits per heavy atom. The lowest BCUT2D eigenvalue weighted by Gasteiger charge is -2.20. The Morgan fingerprint density at radius 3 is 2.43 bits per heavy atom. The van der Waals surface area contributed by atoms with Crippen LogP contribution >= 0.6 is 11.6 Å². The van der Waals surface area contributed by atoms with Gasteiger partial charge >= 0.3 is 0 Å². The molecule has 0 bridgehead atoms. The Labute approximate surface area is 91.5 Å². The summed E-state index contributed by atoms with van der Waals surface area (Å²) in [6, 6.07) is 0. The predicted molar refractivity (Wildman–Crippen MR) is 59.1 cm³/mol. The molecule has 0 amide bonds.